The van der Waals surface area contributed by atoms with Crippen molar-refractivity contribution in [2.24, 2.45) is 0 Å². The van der Waals surface area contributed by atoms with Crippen LogP contribution in [0, 0.1) is 0 Å². The van der Waals surface area contributed by atoms with Crippen molar-refractivity contribution < 1.29 is 20.4 Å². The summed E-state index contributed by atoms with van der Waals surface area (Å²) in [5.41, 5.74) is 0. The van der Waals surface area contributed by atoms with Gasteiger partial charge in [0, 0.05) is 33.5 Å². The molecule has 94 valence electrons. The Morgan fingerprint density at radius 1 is 0.733 bits per heavy atom. The SMILES string of the molecule is [Pd].[SH2+]CCN1CCCN(CC[SH2+])CCC1. The molecular weight excluding hydrogens is 319 g/mol. The predicted molar refractivity (Wildman–Crippen MR) is 72.2 cm³/mol. The fraction of sp³-hybridized carbons (Fsp3) is 1.00. The Morgan fingerprint density at radius 2 is 1.07 bits per heavy atom. The average Bonchev–Trinajstić information content (AvgIpc) is 2.13. The van der Waals surface area contributed by atoms with Gasteiger partial charge >= 0.3 is 0 Å². The van der Waals surface area contributed by atoms with Gasteiger partial charge in [0.05, 0.1) is 0 Å². The number of hydrogen-bond donors (Lipinski definition) is 0. The molecule has 0 aromatic carbocycles. The van der Waals surface area contributed by atoms with Gasteiger partial charge in [-0.05, 0) is 64.3 Å². The van der Waals surface area contributed by atoms with Crippen LogP contribution in [0.25, 0.3) is 0 Å². The number of hydrogen-bond acceptors (Lipinski definition) is 2. The van der Waals surface area contributed by atoms with Gasteiger partial charge in [-0.25, -0.2) is 0 Å². The topological polar surface area (TPSA) is 6.48 Å². The van der Waals surface area contributed by atoms with Crippen molar-refractivity contribution in [3.8, 4) is 0 Å². The van der Waals surface area contributed by atoms with E-state index in [2.05, 4.69) is 35.1 Å². The van der Waals surface area contributed by atoms with E-state index < -0.39 is 0 Å². The monoisotopic (exact) mass is 342 g/mol. The van der Waals surface area contributed by atoms with Crippen molar-refractivity contribution in [1.29, 1.82) is 0 Å². The molecule has 0 atom stereocenters. The van der Waals surface area contributed by atoms with Gasteiger partial charge in [-0.15, -0.1) is 0 Å². The van der Waals surface area contributed by atoms with Crippen molar-refractivity contribution in [2.45, 2.75) is 12.8 Å². The van der Waals surface area contributed by atoms with Gasteiger partial charge in [0.25, 0.3) is 0 Å². The molecule has 15 heavy (non-hydrogen) atoms. The summed E-state index contributed by atoms with van der Waals surface area (Å²) in [5, 5.41) is 0. The molecule has 0 saturated carbocycles. The smallest absolute Gasteiger partial charge is 0.116 e. The Morgan fingerprint density at radius 3 is 1.33 bits per heavy atom. The van der Waals surface area contributed by atoms with Crippen LogP contribution >= 0.6 is 0 Å². The van der Waals surface area contributed by atoms with Gasteiger partial charge in [-0.3, -0.25) is 9.80 Å². The van der Waals surface area contributed by atoms with E-state index in [-0.39, 0.29) is 20.4 Å². The molecular formula is C10H24N2PdS2+2. The summed E-state index contributed by atoms with van der Waals surface area (Å²) in [5.74, 6) is 2.20. The molecule has 1 fully saturated rings. The molecule has 0 bridgehead atoms. The van der Waals surface area contributed by atoms with Crippen LogP contribution in [0.3, 0.4) is 0 Å². The van der Waals surface area contributed by atoms with Crippen molar-refractivity contribution in [3.63, 3.8) is 0 Å². The first-order chi connectivity index (χ1) is 6.86. The molecule has 1 aliphatic heterocycles. The van der Waals surface area contributed by atoms with Crippen molar-refractivity contribution in [2.75, 3.05) is 50.8 Å². The molecule has 2 nitrogen and oxygen atoms in total. The zero-order valence-electron chi connectivity index (χ0n) is 9.28. The Kier molecular flexibility index (Phi) is 11.3. The molecule has 0 amide bonds. The predicted octanol–water partition coefficient (Wildman–Crippen LogP) is -0.595. The van der Waals surface area contributed by atoms with E-state index in [9.17, 15) is 0 Å². The minimum absolute atomic E-state index is 0. The van der Waals surface area contributed by atoms with Crippen LogP contribution in [-0.4, -0.2) is 60.6 Å². The molecule has 1 rings (SSSR count). The maximum absolute atomic E-state index is 3.55. The van der Waals surface area contributed by atoms with Crippen molar-refractivity contribution in [3.05, 3.63) is 0 Å². The Balaban J connectivity index is 0.00000196. The molecule has 0 unspecified atom stereocenters. The third-order valence-electron chi connectivity index (χ3n) is 2.75. The van der Waals surface area contributed by atoms with Crippen LogP contribution in [0.2, 0.25) is 0 Å². The van der Waals surface area contributed by atoms with E-state index in [1.165, 1.54) is 52.1 Å². The summed E-state index contributed by atoms with van der Waals surface area (Å²) >= 11 is 7.11. The van der Waals surface area contributed by atoms with Crippen molar-refractivity contribution in [1.82, 2.24) is 9.80 Å². The summed E-state index contributed by atoms with van der Waals surface area (Å²) in [7, 11) is 0. The minimum Gasteiger partial charge on any atom is -0.299 e. The van der Waals surface area contributed by atoms with Gasteiger partial charge in [0.15, 0.2) is 0 Å². The van der Waals surface area contributed by atoms with Gasteiger partial charge in [-0.2, -0.15) is 0 Å². The van der Waals surface area contributed by atoms with E-state index in [1.54, 1.807) is 0 Å². The first kappa shape index (κ1) is 16.3. The third kappa shape index (κ3) is 7.25. The molecule has 0 aromatic rings. The molecule has 0 aliphatic carbocycles. The van der Waals surface area contributed by atoms with Crippen LogP contribution in [0.5, 0.6) is 0 Å². The Hall–Kier alpha value is 1.28. The molecule has 5 heteroatoms. The van der Waals surface area contributed by atoms with Gasteiger partial charge < -0.3 is 0 Å². The summed E-state index contributed by atoms with van der Waals surface area (Å²) in [6.07, 6.45) is 2.64. The van der Waals surface area contributed by atoms with Crippen molar-refractivity contribution >= 4 is 25.3 Å². The van der Waals surface area contributed by atoms with E-state index >= 15 is 0 Å². The molecule has 0 N–H and O–H groups in total. The van der Waals surface area contributed by atoms with E-state index in [4.69, 9.17) is 0 Å². The molecule has 1 saturated heterocycles. The summed E-state index contributed by atoms with van der Waals surface area (Å²) in [6, 6.07) is 0. The molecule has 1 aliphatic rings. The van der Waals surface area contributed by atoms with E-state index in [0.717, 1.165) is 11.5 Å². The quantitative estimate of drug-likeness (QED) is 0.497. The van der Waals surface area contributed by atoms with Gasteiger partial charge in [-0.1, -0.05) is 0 Å². The summed E-state index contributed by atoms with van der Waals surface area (Å²) < 4.78 is 0. The molecule has 0 aromatic heterocycles. The third-order valence-corrected chi connectivity index (χ3v) is 3.20. The average molecular weight is 343 g/mol. The Bertz CT molecular complexity index is 125. The second-order valence-electron chi connectivity index (χ2n) is 3.89. The van der Waals surface area contributed by atoms with Crippen LogP contribution in [-0.2, 0) is 45.7 Å². The van der Waals surface area contributed by atoms with Crippen LogP contribution < -0.4 is 0 Å². The molecule has 0 radical (unpaired) electrons. The Labute approximate surface area is 119 Å². The van der Waals surface area contributed by atoms with Crippen LogP contribution in [0.15, 0.2) is 0 Å². The summed E-state index contributed by atoms with van der Waals surface area (Å²) in [6.45, 7) is 7.47. The zero-order valence-corrected chi connectivity index (χ0v) is 12.8. The van der Waals surface area contributed by atoms with Crippen LogP contribution in [0.4, 0.5) is 0 Å². The first-order valence-corrected chi connectivity index (χ1v) is 7.02. The zero-order chi connectivity index (χ0) is 10.2. The fourth-order valence-corrected chi connectivity index (χ4v) is 2.66. The molecule has 1 heterocycles. The fourth-order valence-electron chi connectivity index (χ4n) is 2.02. The van der Waals surface area contributed by atoms with E-state index in [0.29, 0.717) is 0 Å². The second-order valence-corrected chi connectivity index (χ2v) is 4.89. The van der Waals surface area contributed by atoms with Gasteiger partial charge in [0.1, 0.15) is 11.5 Å². The van der Waals surface area contributed by atoms with E-state index in [1.807, 2.05) is 0 Å². The standard InChI is InChI=1S/C10H22N2S2.Pd/c13-9-7-11-3-1-4-12(8-10-14)6-2-5-11;/h13-14H,1-10H2;/p+2. The maximum Gasteiger partial charge on any atom is 0.116 e. The summed E-state index contributed by atoms with van der Waals surface area (Å²) in [4.78, 5) is 5.13. The molecule has 0 spiro atoms. The minimum atomic E-state index is 0. The largest absolute Gasteiger partial charge is 0.299 e. The normalized spacial score (nSPS) is 20.4. The van der Waals surface area contributed by atoms with Gasteiger partial charge in [0.2, 0.25) is 0 Å². The number of nitrogens with zero attached hydrogens (tertiary/aromatic N) is 2. The van der Waals surface area contributed by atoms with Crippen LogP contribution in [0.1, 0.15) is 12.8 Å². The second kappa shape index (κ2) is 10.4. The first-order valence-electron chi connectivity index (χ1n) is 5.60. The number of rotatable bonds is 4. The maximum atomic E-state index is 3.55.